The zero-order valence-corrected chi connectivity index (χ0v) is 16.3. The van der Waals surface area contributed by atoms with E-state index in [-0.39, 0.29) is 5.41 Å². The molecule has 2 heteroatoms. The maximum absolute atomic E-state index is 5.78. The van der Waals surface area contributed by atoms with Crippen LogP contribution in [-0.4, -0.2) is 19.6 Å². The Morgan fingerprint density at radius 3 is 1.91 bits per heavy atom. The molecule has 0 aromatic heterocycles. The van der Waals surface area contributed by atoms with Gasteiger partial charge in [0.15, 0.2) is 5.90 Å². The van der Waals surface area contributed by atoms with Crippen molar-refractivity contribution in [3.8, 4) is 0 Å². The lowest BCUT2D eigenvalue weighted by Crippen LogP contribution is -2.30. The number of hydrogen-bond donors (Lipinski definition) is 0. The highest BCUT2D eigenvalue weighted by Crippen LogP contribution is 2.35. The van der Waals surface area contributed by atoms with Gasteiger partial charge in [-0.05, 0) is 31.6 Å². The van der Waals surface area contributed by atoms with Gasteiger partial charge < -0.3 is 4.74 Å². The first-order valence-electron chi connectivity index (χ1n) is 10.2. The molecule has 0 aromatic carbocycles. The van der Waals surface area contributed by atoms with E-state index in [0.717, 1.165) is 18.4 Å². The van der Waals surface area contributed by atoms with Crippen LogP contribution in [0, 0.1) is 11.3 Å². The Kier molecular flexibility index (Phi) is 10.6. The summed E-state index contributed by atoms with van der Waals surface area (Å²) in [4.78, 5) is 4.88. The third kappa shape index (κ3) is 8.77. The molecule has 1 fully saturated rings. The molecule has 1 rings (SSSR count). The van der Waals surface area contributed by atoms with E-state index in [0.29, 0.717) is 0 Å². The Morgan fingerprint density at radius 1 is 0.913 bits per heavy atom. The molecule has 1 unspecified atom stereocenters. The van der Waals surface area contributed by atoms with Gasteiger partial charge in [-0.15, -0.1) is 0 Å². The first kappa shape index (κ1) is 20.5. The molecule has 0 heterocycles. The molecular weight excluding hydrogens is 282 g/mol. The van der Waals surface area contributed by atoms with Crippen LogP contribution in [0.15, 0.2) is 4.99 Å². The molecule has 0 N–H and O–H groups in total. The van der Waals surface area contributed by atoms with Crippen LogP contribution in [-0.2, 0) is 4.74 Å². The number of methoxy groups -OCH3 is 1. The van der Waals surface area contributed by atoms with E-state index in [1.807, 2.05) is 7.11 Å². The summed E-state index contributed by atoms with van der Waals surface area (Å²) in [6.07, 6.45) is 17.3. The van der Waals surface area contributed by atoms with Gasteiger partial charge in [-0.3, -0.25) is 4.99 Å². The fourth-order valence-electron chi connectivity index (χ4n) is 3.41. The lowest BCUT2D eigenvalue weighted by atomic mass is 9.79. The van der Waals surface area contributed by atoms with Crippen LogP contribution in [0.1, 0.15) is 104 Å². The van der Waals surface area contributed by atoms with Crippen LogP contribution in [0.5, 0.6) is 0 Å². The summed E-state index contributed by atoms with van der Waals surface area (Å²) in [5, 5.41) is 0. The first-order valence-corrected chi connectivity index (χ1v) is 10.2. The maximum atomic E-state index is 5.78. The van der Waals surface area contributed by atoms with E-state index in [1.165, 1.54) is 83.5 Å². The number of unbranched alkanes of at least 4 members (excludes halogenated alkanes) is 7. The average molecular weight is 324 g/mol. The molecule has 0 bridgehead atoms. The van der Waals surface area contributed by atoms with Gasteiger partial charge in [0, 0.05) is 12.0 Å². The zero-order valence-electron chi connectivity index (χ0n) is 16.3. The van der Waals surface area contributed by atoms with Gasteiger partial charge in [0.05, 0.1) is 7.11 Å². The topological polar surface area (TPSA) is 21.6 Å². The normalized spacial score (nSPS) is 18.0. The zero-order chi connectivity index (χ0) is 17.0. The highest BCUT2D eigenvalue weighted by Gasteiger charge is 2.32. The van der Waals surface area contributed by atoms with Crippen LogP contribution >= 0.6 is 0 Å². The summed E-state index contributed by atoms with van der Waals surface area (Å²) < 4.78 is 5.78. The molecule has 23 heavy (non-hydrogen) atoms. The van der Waals surface area contributed by atoms with Gasteiger partial charge in [0.25, 0.3) is 0 Å². The highest BCUT2D eigenvalue weighted by atomic mass is 16.5. The van der Waals surface area contributed by atoms with Gasteiger partial charge in [-0.2, -0.15) is 0 Å². The van der Waals surface area contributed by atoms with Gasteiger partial charge >= 0.3 is 0 Å². The SMILES string of the molecule is CCCCCCCC(C)(CCCCCC)/C(=N/CC1CC1)OC. The van der Waals surface area contributed by atoms with E-state index in [9.17, 15) is 0 Å². The van der Waals surface area contributed by atoms with E-state index in [1.54, 1.807) is 0 Å². The molecule has 0 aromatic rings. The highest BCUT2D eigenvalue weighted by molar-refractivity contribution is 5.82. The summed E-state index contributed by atoms with van der Waals surface area (Å²) in [6.45, 7) is 7.95. The van der Waals surface area contributed by atoms with E-state index < -0.39 is 0 Å². The summed E-state index contributed by atoms with van der Waals surface area (Å²) in [7, 11) is 1.83. The van der Waals surface area contributed by atoms with Crippen molar-refractivity contribution in [2.45, 2.75) is 104 Å². The van der Waals surface area contributed by atoms with Gasteiger partial charge in [-0.1, -0.05) is 78.6 Å². The number of nitrogens with zero attached hydrogens (tertiary/aromatic N) is 1. The Hall–Kier alpha value is -0.530. The van der Waals surface area contributed by atoms with Crippen molar-refractivity contribution in [3.63, 3.8) is 0 Å². The lowest BCUT2D eigenvalue weighted by molar-refractivity contribution is 0.266. The third-order valence-corrected chi connectivity index (χ3v) is 5.31. The fraction of sp³-hybridized carbons (Fsp3) is 0.952. The molecule has 0 radical (unpaired) electrons. The van der Waals surface area contributed by atoms with Crippen LogP contribution < -0.4 is 0 Å². The maximum Gasteiger partial charge on any atom is 0.189 e. The number of aliphatic imine (C=N–C) groups is 1. The second-order valence-corrected chi connectivity index (χ2v) is 7.83. The quantitative estimate of drug-likeness (QED) is 0.196. The molecule has 2 nitrogen and oxygen atoms in total. The Labute approximate surface area is 145 Å². The minimum atomic E-state index is 0.156. The first-order chi connectivity index (χ1) is 11.2. The molecule has 136 valence electrons. The standard InChI is InChI=1S/C21H41NO/c1-5-7-9-11-13-17-21(3,16-12-10-8-6-2)20(23-4)22-18-19-14-15-19/h19H,5-18H2,1-4H3/b22-20-. The van der Waals surface area contributed by atoms with Crippen molar-refractivity contribution in [2.75, 3.05) is 13.7 Å². The molecule has 0 aliphatic heterocycles. The Balaban J connectivity index is 2.54. The van der Waals surface area contributed by atoms with E-state index >= 15 is 0 Å². The summed E-state index contributed by atoms with van der Waals surface area (Å²) in [6, 6.07) is 0. The Bertz CT molecular complexity index is 322. The van der Waals surface area contributed by atoms with Crippen molar-refractivity contribution >= 4 is 5.90 Å². The molecule has 1 aliphatic rings. The summed E-state index contributed by atoms with van der Waals surface area (Å²) in [5.74, 6) is 1.88. The van der Waals surface area contributed by atoms with Crippen molar-refractivity contribution in [2.24, 2.45) is 16.3 Å². The second kappa shape index (κ2) is 11.9. The largest absolute Gasteiger partial charge is 0.484 e. The minimum absolute atomic E-state index is 0.156. The molecule has 0 amide bonds. The predicted molar refractivity (Wildman–Crippen MR) is 102 cm³/mol. The summed E-state index contributed by atoms with van der Waals surface area (Å²) >= 11 is 0. The van der Waals surface area contributed by atoms with Crippen molar-refractivity contribution in [3.05, 3.63) is 0 Å². The smallest absolute Gasteiger partial charge is 0.189 e. The van der Waals surface area contributed by atoms with Gasteiger partial charge in [-0.25, -0.2) is 0 Å². The van der Waals surface area contributed by atoms with Crippen LogP contribution in [0.2, 0.25) is 0 Å². The van der Waals surface area contributed by atoms with Crippen LogP contribution in [0.4, 0.5) is 0 Å². The van der Waals surface area contributed by atoms with Gasteiger partial charge in [0.1, 0.15) is 0 Å². The third-order valence-electron chi connectivity index (χ3n) is 5.31. The van der Waals surface area contributed by atoms with E-state index in [4.69, 9.17) is 9.73 Å². The Morgan fingerprint density at radius 2 is 1.43 bits per heavy atom. The monoisotopic (exact) mass is 323 g/mol. The molecule has 1 saturated carbocycles. The van der Waals surface area contributed by atoms with Crippen molar-refractivity contribution in [1.82, 2.24) is 0 Å². The molecule has 0 saturated heterocycles. The predicted octanol–water partition coefficient (Wildman–Crippen LogP) is 6.78. The summed E-state index contributed by atoms with van der Waals surface area (Å²) in [5.41, 5.74) is 0.156. The number of rotatable bonds is 14. The minimum Gasteiger partial charge on any atom is -0.484 e. The van der Waals surface area contributed by atoms with Gasteiger partial charge in [0.2, 0.25) is 0 Å². The van der Waals surface area contributed by atoms with Crippen LogP contribution in [0.25, 0.3) is 0 Å². The molecule has 1 aliphatic carbocycles. The molecular formula is C21H41NO. The number of hydrogen-bond acceptors (Lipinski definition) is 2. The van der Waals surface area contributed by atoms with E-state index in [2.05, 4.69) is 20.8 Å². The van der Waals surface area contributed by atoms with Crippen LogP contribution in [0.3, 0.4) is 0 Å². The van der Waals surface area contributed by atoms with Crippen molar-refractivity contribution in [1.29, 1.82) is 0 Å². The lowest BCUT2D eigenvalue weighted by Gasteiger charge is -2.30. The second-order valence-electron chi connectivity index (χ2n) is 7.83. The fourth-order valence-corrected chi connectivity index (χ4v) is 3.41. The molecule has 1 atom stereocenters. The number of ether oxygens (including phenoxy) is 1. The average Bonchev–Trinajstić information content (AvgIpc) is 3.36. The van der Waals surface area contributed by atoms with Crippen molar-refractivity contribution < 1.29 is 4.74 Å². The molecule has 0 spiro atoms.